The third-order valence-corrected chi connectivity index (χ3v) is 2.87. The number of anilines is 1. The Hall–Kier alpha value is -2.57. The fraction of sp³-hybridized carbons (Fsp3) is 0.308. The minimum absolute atomic E-state index is 0.0380. The first kappa shape index (κ1) is 13.9. The molecule has 7 nitrogen and oxygen atoms in total. The number of fused-ring (bicyclic) bond motifs is 1. The molecule has 1 aromatic carbocycles. The molecule has 0 unspecified atom stereocenters. The summed E-state index contributed by atoms with van der Waals surface area (Å²) in [5, 5.41) is 8.66. The highest BCUT2D eigenvalue weighted by atomic mass is 16.5. The molecule has 1 aromatic rings. The standard InChI is InChI=1S/C13H14N2O5/c1-14(7-12(17)18)11(16)6-15-8-13(19)20-10-5-3-2-4-9(10)15/h2-5H,6-8H2,1H3,(H,17,18). The summed E-state index contributed by atoms with van der Waals surface area (Å²) in [6.45, 7) is -0.488. The van der Waals surface area contributed by atoms with Crippen molar-refractivity contribution in [2.75, 3.05) is 31.6 Å². The Morgan fingerprint density at radius 3 is 2.80 bits per heavy atom. The maximum absolute atomic E-state index is 11.9. The highest BCUT2D eigenvalue weighted by Crippen LogP contribution is 2.31. The van der Waals surface area contributed by atoms with Crippen molar-refractivity contribution in [2.24, 2.45) is 0 Å². The van der Waals surface area contributed by atoms with Crippen molar-refractivity contribution in [1.29, 1.82) is 0 Å². The second-order valence-electron chi connectivity index (χ2n) is 4.44. The quantitative estimate of drug-likeness (QED) is 0.614. The molecule has 1 aliphatic heterocycles. The number of rotatable bonds is 4. The van der Waals surface area contributed by atoms with E-state index in [1.807, 2.05) is 0 Å². The first-order valence-corrected chi connectivity index (χ1v) is 5.98. The highest BCUT2D eigenvalue weighted by molar-refractivity contribution is 5.90. The zero-order chi connectivity index (χ0) is 14.7. The lowest BCUT2D eigenvalue weighted by atomic mass is 10.2. The lowest BCUT2D eigenvalue weighted by Crippen LogP contribution is -2.44. The number of benzene rings is 1. The van der Waals surface area contributed by atoms with Crippen LogP contribution in [0.3, 0.4) is 0 Å². The molecule has 106 valence electrons. The number of carboxylic acid groups (broad SMARTS) is 1. The van der Waals surface area contributed by atoms with Gasteiger partial charge in [0.1, 0.15) is 13.1 Å². The molecule has 0 aliphatic carbocycles. The van der Waals surface area contributed by atoms with E-state index < -0.39 is 11.9 Å². The van der Waals surface area contributed by atoms with Crippen LogP contribution in [-0.4, -0.2) is 54.5 Å². The van der Waals surface area contributed by atoms with Crippen molar-refractivity contribution in [2.45, 2.75) is 0 Å². The van der Waals surface area contributed by atoms with Gasteiger partial charge < -0.3 is 19.6 Å². The number of esters is 1. The topological polar surface area (TPSA) is 87.2 Å². The van der Waals surface area contributed by atoms with E-state index in [1.54, 1.807) is 29.2 Å². The van der Waals surface area contributed by atoms with E-state index in [9.17, 15) is 14.4 Å². The van der Waals surface area contributed by atoms with Crippen LogP contribution in [0.1, 0.15) is 0 Å². The minimum atomic E-state index is -1.08. The SMILES string of the molecule is CN(CC(=O)O)C(=O)CN1CC(=O)Oc2ccccc21. The highest BCUT2D eigenvalue weighted by Gasteiger charge is 2.26. The summed E-state index contributed by atoms with van der Waals surface area (Å²) in [4.78, 5) is 36.7. The number of hydrogen-bond acceptors (Lipinski definition) is 5. The van der Waals surface area contributed by atoms with Gasteiger partial charge in [-0.3, -0.25) is 9.59 Å². The largest absolute Gasteiger partial charge is 0.480 e. The smallest absolute Gasteiger partial charge is 0.331 e. The van der Waals surface area contributed by atoms with E-state index in [-0.39, 0.29) is 25.5 Å². The van der Waals surface area contributed by atoms with Gasteiger partial charge in [-0.2, -0.15) is 0 Å². The van der Waals surface area contributed by atoms with Crippen molar-refractivity contribution < 1.29 is 24.2 Å². The molecule has 7 heteroatoms. The van der Waals surface area contributed by atoms with Gasteiger partial charge in [-0.05, 0) is 12.1 Å². The van der Waals surface area contributed by atoms with Gasteiger partial charge in [-0.1, -0.05) is 12.1 Å². The molecule has 1 N–H and O–H groups in total. The first-order valence-electron chi connectivity index (χ1n) is 5.98. The zero-order valence-electron chi connectivity index (χ0n) is 10.9. The summed E-state index contributed by atoms with van der Waals surface area (Å²) in [5.41, 5.74) is 0.643. The van der Waals surface area contributed by atoms with Crippen LogP contribution in [0.4, 0.5) is 5.69 Å². The Bertz CT molecular complexity index is 557. The molecule has 0 spiro atoms. The molecular formula is C13H14N2O5. The summed E-state index contributed by atoms with van der Waals surface area (Å²) >= 11 is 0. The van der Waals surface area contributed by atoms with Crippen LogP contribution in [0.25, 0.3) is 0 Å². The van der Waals surface area contributed by atoms with Crippen LogP contribution in [0, 0.1) is 0 Å². The number of aliphatic carboxylic acids is 1. The summed E-state index contributed by atoms with van der Waals surface area (Å²) in [6, 6.07) is 6.89. The Kier molecular flexibility index (Phi) is 3.88. The van der Waals surface area contributed by atoms with Crippen molar-refractivity contribution in [3.63, 3.8) is 0 Å². The van der Waals surface area contributed by atoms with Gasteiger partial charge in [0.25, 0.3) is 0 Å². The summed E-state index contributed by atoms with van der Waals surface area (Å²) in [5.74, 6) is -1.51. The number of amides is 1. The lowest BCUT2D eigenvalue weighted by molar-refractivity contribution is -0.143. The number of likely N-dealkylation sites (N-methyl/N-ethyl adjacent to an activating group) is 1. The first-order chi connectivity index (χ1) is 9.47. The molecule has 0 atom stereocenters. The van der Waals surface area contributed by atoms with Gasteiger partial charge in [0.15, 0.2) is 5.75 Å². The van der Waals surface area contributed by atoms with Crippen molar-refractivity contribution >= 4 is 23.5 Å². The van der Waals surface area contributed by atoms with E-state index in [4.69, 9.17) is 9.84 Å². The van der Waals surface area contributed by atoms with Gasteiger partial charge in [0.05, 0.1) is 12.2 Å². The monoisotopic (exact) mass is 278 g/mol. The zero-order valence-corrected chi connectivity index (χ0v) is 10.9. The van der Waals surface area contributed by atoms with Gasteiger partial charge in [-0.15, -0.1) is 0 Å². The average molecular weight is 278 g/mol. The van der Waals surface area contributed by atoms with Gasteiger partial charge in [0, 0.05) is 7.05 Å². The van der Waals surface area contributed by atoms with Gasteiger partial charge >= 0.3 is 11.9 Å². The van der Waals surface area contributed by atoms with Crippen LogP contribution in [0.2, 0.25) is 0 Å². The maximum Gasteiger partial charge on any atom is 0.331 e. The van der Waals surface area contributed by atoms with Gasteiger partial charge in [-0.25, -0.2) is 4.79 Å². The fourth-order valence-electron chi connectivity index (χ4n) is 1.92. The van der Waals surface area contributed by atoms with Crippen LogP contribution in [0.5, 0.6) is 5.75 Å². The Labute approximate surface area is 115 Å². The second kappa shape index (κ2) is 5.60. The molecule has 0 bridgehead atoms. The Balaban J connectivity index is 2.12. The normalized spacial score (nSPS) is 13.4. The molecule has 1 aliphatic rings. The maximum atomic E-state index is 11.9. The number of nitrogens with zero attached hydrogens (tertiary/aromatic N) is 2. The molecule has 0 fully saturated rings. The van der Waals surface area contributed by atoms with Crippen LogP contribution in [-0.2, 0) is 14.4 Å². The molecule has 1 heterocycles. The summed E-state index contributed by atoms with van der Waals surface area (Å²) < 4.78 is 5.07. The Morgan fingerprint density at radius 2 is 2.10 bits per heavy atom. The number of para-hydroxylation sites is 2. The van der Waals surface area contributed by atoms with Gasteiger partial charge in [0.2, 0.25) is 5.91 Å². The number of hydrogen-bond donors (Lipinski definition) is 1. The molecule has 0 saturated carbocycles. The van der Waals surface area contributed by atoms with Crippen molar-refractivity contribution in [1.82, 2.24) is 4.90 Å². The molecule has 20 heavy (non-hydrogen) atoms. The molecule has 1 amide bonds. The second-order valence-corrected chi connectivity index (χ2v) is 4.44. The van der Waals surface area contributed by atoms with E-state index >= 15 is 0 Å². The predicted octanol–water partition coefficient (Wildman–Crippen LogP) is -0.0450. The van der Waals surface area contributed by atoms with Crippen molar-refractivity contribution in [3.8, 4) is 5.75 Å². The molecule has 0 saturated heterocycles. The molecule has 0 radical (unpaired) electrons. The third kappa shape index (κ3) is 3.05. The van der Waals surface area contributed by atoms with E-state index in [0.717, 1.165) is 4.90 Å². The van der Waals surface area contributed by atoms with Crippen LogP contribution < -0.4 is 9.64 Å². The van der Waals surface area contributed by atoms with E-state index in [2.05, 4.69) is 0 Å². The van der Waals surface area contributed by atoms with Crippen LogP contribution in [0.15, 0.2) is 24.3 Å². The van der Waals surface area contributed by atoms with Crippen LogP contribution >= 0.6 is 0 Å². The number of carbonyl (C=O) groups is 3. The summed E-state index contributed by atoms with van der Waals surface area (Å²) in [7, 11) is 1.41. The molecular weight excluding hydrogens is 264 g/mol. The molecule has 2 rings (SSSR count). The lowest BCUT2D eigenvalue weighted by Gasteiger charge is -2.30. The minimum Gasteiger partial charge on any atom is -0.480 e. The van der Waals surface area contributed by atoms with Crippen molar-refractivity contribution in [3.05, 3.63) is 24.3 Å². The number of carboxylic acids is 1. The molecule has 0 aromatic heterocycles. The number of carbonyl (C=O) groups excluding carboxylic acids is 2. The number of ether oxygens (including phenoxy) is 1. The Morgan fingerprint density at radius 1 is 1.40 bits per heavy atom. The third-order valence-electron chi connectivity index (χ3n) is 2.87. The predicted molar refractivity (Wildman–Crippen MR) is 69.6 cm³/mol. The fourth-order valence-corrected chi connectivity index (χ4v) is 1.92. The summed E-state index contributed by atoms with van der Waals surface area (Å²) in [6.07, 6.45) is 0. The van der Waals surface area contributed by atoms with E-state index in [1.165, 1.54) is 7.05 Å². The average Bonchev–Trinajstić information content (AvgIpc) is 2.37. The van der Waals surface area contributed by atoms with E-state index in [0.29, 0.717) is 11.4 Å².